The van der Waals surface area contributed by atoms with E-state index in [2.05, 4.69) is 27.5 Å². The molecule has 3 aliphatic rings. The van der Waals surface area contributed by atoms with Crippen LogP contribution in [0, 0.1) is 17.1 Å². The standard InChI is InChI=1S/C27H24F2N6O2S.C7H12FN/c1-4-22(36)34-12-19(29)21(13-34)35(5-2)26-16-7-6-14(10-20(16)32-27(33-26)37-3)15-8-9-18(28)24-23(15)17(11-30)25(31)38-24;8-6-4-7-2-1-3-9(7)5-6/h4,6-10,19,21H,1,5,12-13,31H2,2-3H3;6-7H,1-5H2. The number of carbonyl (C=O) groups excluding carboxylic acids is 1. The Balaban J connectivity index is 0.000000366. The van der Waals surface area contributed by atoms with Crippen molar-refractivity contribution in [3.05, 3.63) is 54.4 Å². The average Bonchev–Trinajstić information content (AvgIpc) is 3.84. The van der Waals surface area contributed by atoms with Gasteiger partial charge in [0.05, 0.1) is 35.5 Å². The lowest BCUT2D eigenvalue weighted by Gasteiger charge is -2.30. The topological polar surface area (TPSA) is 112 Å². The van der Waals surface area contributed by atoms with Crippen molar-refractivity contribution in [2.75, 3.05) is 50.5 Å². The third-order valence-electron chi connectivity index (χ3n) is 9.26. The molecule has 3 fully saturated rings. The average molecular weight is 664 g/mol. The number of hydrogen-bond acceptors (Lipinski definition) is 9. The number of hydrogen-bond donors (Lipinski definition) is 1. The Morgan fingerprint density at radius 2 is 2.06 bits per heavy atom. The van der Waals surface area contributed by atoms with Crippen molar-refractivity contribution in [3.63, 3.8) is 0 Å². The molecule has 2 N–H and O–H groups in total. The van der Waals surface area contributed by atoms with Crippen molar-refractivity contribution in [2.24, 2.45) is 0 Å². The second-order valence-electron chi connectivity index (χ2n) is 12.0. The molecule has 0 bridgehead atoms. The summed E-state index contributed by atoms with van der Waals surface area (Å²) >= 11 is 1.03. The first-order valence-electron chi connectivity index (χ1n) is 15.6. The van der Waals surface area contributed by atoms with E-state index in [0.717, 1.165) is 24.3 Å². The molecule has 3 saturated heterocycles. The van der Waals surface area contributed by atoms with Crippen LogP contribution in [0.1, 0.15) is 31.7 Å². The highest BCUT2D eigenvalue weighted by Gasteiger charge is 2.39. The van der Waals surface area contributed by atoms with Gasteiger partial charge in [-0.1, -0.05) is 18.7 Å². The van der Waals surface area contributed by atoms with Gasteiger partial charge in [0.2, 0.25) is 5.91 Å². The molecular formula is C34H36F3N7O2S. The molecule has 2 aromatic heterocycles. The first-order chi connectivity index (χ1) is 22.7. The lowest BCUT2D eigenvalue weighted by molar-refractivity contribution is -0.125. The second-order valence-corrected chi connectivity index (χ2v) is 13.0. The van der Waals surface area contributed by atoms with Gasteiger partial charge >= 0.3 is 6.01 Å². The van der Waals surface area contributed by atoms with Crippen LogP contribution in [0.15, 0.2) is 43.0 Å². The molecule has 0 spiro atoms. The number of nitrogens with two attached hydrogens (primary N) is 1. The van der Waals surface area contributed by atoms with E-state index in [1.807, 2.05) is 24.0 Å². The van der Waals surface area contributed by atoms with E-state index >= 15 is 4.39 Å². The maximum atomic E-state index is 15.2. The first-order valence-corrected chi connectivity index (χ1v) is 16.5. The van der Waals surface area contributed by atoms with E-state index in [9.17, 15) is 18.8 Å². The van der Waals surface area contributed by atoms with Crippen molar-refractivity contribution in [3.8, 4) is 23.2 Å². The molecule has 47 heavy (non-hydrogen) atoms. The Labute approximate surface area is 275 Å². The van der Waals surface area contributed by atoms with E-state index in [4.69, 9.17) is 10.5 Å². The molecule has 7 rings (SSSR count). The van der Waals surface area contributed by atoms with Gasteiger partial charge in [0.25, 0.3) is 0 Å². The fraction of sp³-hybridized carbons (Fsp3) is 0.412. The first kappa shape index (κ1) is 32.5. The zero-order valence-corrected chi connectivity index (χ0v) is 27.1. The van der Waals surface area contributed by atoms with Crippen molar-refractivity contribution in [1.82, 2.24) is 19.8 Å². The van der Waals surface area contributed by atoms with Crippen LogP contribution in [0.3, 0.4) is 0 Å². The SMILES string of the molecule is C=CC(=O)N1CC(F)C(N(CC)c2nc(OC)nc3cc(-c4ccc(F)c5sc(N)c(C#N)c45)ccc23)C1.FC1CC2CCCN2C1. The summed E-state index contributed by atoms with van der Waals surface area (Å²) in [6, 6.07) is 10.6. The molecule has 3 aliphatic heterocycles. The number of ether oxygens (including phenoxy) is 1. The van der Waals surface area contributed by atoms with Crippen LogP contribution in [0.4, 0.5) is 24.0 Å². The molecule has 2 aromatic carbocycles. The molecule has 246 valence electrons. The summed E-state index contributed by atoms with van der Waals surface area (Å²) in [5.41, 5.74) is 8.09. The van der Waals surface area contributed by atoms with Crippen LogP contribution in [-0.2, 0) is 4.79 Å². The lowest BCUT2D eigenvalue weighted by Crippen LogP contribution is -2.43. The number of alkyl halides is 2. The van der Waals surface area contributed by atoms with Gasteiger partial charge < -0.3 is 20.3 Å². The van der Waals surface area contributed by atoms with Gasteiger partial charge in [0.1, 0.15) is 35.0 Å². The van der Waals surface area contributed by atoms with Crippen molar-refractivity contribution in [2.45, 2.75) is 50.6 Å². The van der Waals surface area contributed by atoms with Crippen LogP contribution >= 0.6 is 11.3 Å². The summed E-state index contributed by atoms with van der Waals surface area (Å²) in [5.74, 6) is -0.297. The van der Waals surface area contributed by atoms with E-state index in [-0.39, 0.29) is 35.6 Å². The predicted molar refractivity (Wildman–Crippen MR) is 179 cm³/mol. The zero-order chi connectivity index (χ0) is 33.4. The summed E-state index contributed by atoms with van der Waals surface area (Å²) in [5, 5.41) is 11.0. The molecule has 4 atom stereocenters. The number of rotatable bonds is 6. The highest BCUT2D eigenvalue weighted by atomic mass is 32.1. The van der Waals surface area contributed by atoms with Crippen LogP contribution in [0.2, 0.25) is 0 Å². The van der Waals surface area contributed by atoms with Crippen LogP contribution in [0.25, 0.3) is 32.1 Å². The monoisotopic (exact) mass is 663 g/mol. The Hall–Kier alpha value is -4.41. The molecule has 5 heterocycles. The maximum Gasteiger partial charge on any atom is 0.318 e. The predicted octanol–water partition coefficient (Wildman–Crippen LogP) is 5.87. The Morgan fingerprint density at radius 3 is 2.77 bits per heavy atom. The Kier molecular flexibility index (Phi) is 9.25. The molecule has 0 radical (unpaired) electrons. The number of benzene rings is 2. The minimum Gasteiger partial charge on any atom is -0.467 e. The highest BCUT2D eigenvalue weighted by molar-refractivity contribution is 7.23. The molecule has 4 aromatic rings. The quantitative estimate of drug-likeness (QED) is 0.255. The molecular weight excluding hydrogens is 627 g/mol. The smallest absolute Gasteiger partial charge is 0.318 e. The molecule has 4 unspecified atom stereocenters. The molecule has 1 amide bonds. The molecule has 13 heteroatoms. The van der Waals surface area contributed by atoms with E-state index in [1.54, 1.807) is 12.1 Å². The number of likely N-dealkylation sites (tertiary alicyclic amines) is 1. The van der Waals surface area contributed by atoms with Crippen molar-refractivity contribution < 1.29 is 22.7 Å². The highest BCUT2D eigenvalue weighted by Crippen LogP contribution is 2.42. The largest absolute Gasteiger partial charge is 0.467 e. The number of thiophene rings is 1. The number of nitrogen functional groups attached to an aromatic ring is 1. The summed E-state index contributed by atoms with van der Waals surface area (Å²) in [6.07, 6.45) is 2.71. The number of nitriles is 1. The number of anilines is 2. The van der Waals surface area contributed by atoms with Gasteiger partial charge in [-0.15, -0.1) is 11.3 Å². The number of amides is 1. The van der Waals surface area contributed by atoms with Crippen LogP contribution in [0.5, 0.6) is 6.01 Å². The number of nitrogens with zero attached hydrogens (tertiary/aromatic N) is 6. The van der Waals surface area contributed by atoms with Crippen molar-refractivity contribution >= 4 is 49.1 Å². The minimum absolute atomic E-state index is 0.0259. The number of carbonyl (C=O) groups is 1. The van der Waals surface area contributed by atoms with Gasteiger partial charge in [-0.2, -0.15) is 15.2 Å². The number of likely N-dealkylation sites (N-methyl/N-ethyl adjacent to an activating group) is 1. The fourth-order valence-electron chi connectivity index (χ4n) is 7.03. The van der Waals surface area contributed by atoms with Gasteiger partial charge in [0.15, 0.2) is 0 Å². The van der Waals surface area contributed by atoms with Gasteiger partial charge in [-0.25, -0.2) is 13.2 Å². The Morgan fingerprint density at radius 1 is 1.26 bits per heavy atom. The number of methoxy groups -OCH3 is 1. The van der Waals surface area contributed by atoms with Crippen LogP contribution in [-0.4, -0.2) is 89.9 Å². The molecule has 0 aliphatic carbocycles. The fourth-order valence-corrected chi connectivity index (χ4v) is 7.98. The van der Waals surface area contributed by atoms with E-state index in [0.29, 0.717) is 57.1 Å². The Bertz CT molecular complexity index is 1870. The number of halogens is 3. The summed E-state index contributed by atoms with van der Waals surface area (Å²) in [6.45, 7) is 7.84. The normalized spacial score (nSPS) is 22.2. The summed E-state index contributed by atoms with van der Waals surface area (Å²) in [7, 11) is 1.44. The third kappa shape index (κ3) is 6.07. The maximum absolute atomic E-state index is 15.2. The van der Waals surface area contributed by atoms with Gasteiger partial charge in [0, 0.05) is 36.4 Å². The second kappa shape index (κ2) is 13.4. The van der Waals surface area contributed by atoms with E-state index < -0.39 is 24.2 Å². The van der Waals surface area contributed by atoms with Gasteiger partial charge in [-0.3, -0.25) is 9.69 Å². The molecule has 9 nitrogen and oxygen atoms in total. The third-order valence-corrected chi connectivity index (χ3v) is 10.3. The summed E-state index contributed by atoms with van der Waals surface area (Å²) in [4.78, 5) is 26.7. The van der Waals surface area contributed by atoms with Crippen LogP contribution < -0.4 is 15.4 Å². The van der Waals surface area contributed by atoms with Crippen molar-refractivity contribution in [1.29, 1.82) is 5.26 Å². The number of fused-ring (bicyclic) bond motifs is 3. The van der Waals surface area contributed by atoms with Gasteiger partial charge in [-0.05, 0) is 68.1 Å². The zero-order valence-electron chi connectivity index (χ0n) is 26.3. The van der Waals surface area contributed by atoms with E-state index in [1.165, 1.54) is 37.0 Å². The summed E-state index contributed by atoms with van der Waals surface area (Å²) < 4.78 is 48.0. The number of aromatic nitrogens is 2. The lowest BCUT2D eigenvalue weighted by atomic mass is 9.98. The molecule has 0 saturated carbocycles. The minimum atomic E-state index is -1.28.